The number of pyridine rings is 1. The average molecular weight is 487 g/mol. The largest absolute Gasteiger partial charge is 0.497 e. The van der Waals surface area contributed by atoms with Crippen molar-refractivity contribution < 1.29 is 24.9 Å². The monoisotopic (exact) mass is 486 g/mol. The zero-order valence-corrected chi connectivity index (χ0v) is 20.4. The van der Waals surface area contributed by atoms with Crippen LogP contribution in [0.25, 0.3) is 0 Å². The molecule has 0 spiro atoms. The van der Waals surface area contributed by atoms with Gasteiger partial charge in [0.05, 0.1) is 18.7 Å². The molecule has 190 valence electrons. The fraction of sp³-hybridized carbons (Fsp3) is 0.462. The number of aromatic nitrogens is 1. The number of hydrogen-bond acceptors (Lipinski definition) is 6. The summed E-state index contributed by atoms with van der Waals surface area (Å²) in [6.45, 7) is 2.86. The molecule has 1 aromatic carbocycles. The number of nitrogens with one attached hydrogen (secondary N) is 2. The number of Topliss-reactive ketones (excluding diaryl/α,β-unsaturated/α-hetero) is 1. The van der Waals surface area contributed by atoms with E-state index in [0.717, 1.165) is 0 Å². The van der Waals surface area contributed by atoms with Crippen molar-refractivity contribution in [2.24, 2.45) is 5.92 Å². The van der Waals surface area contributed by atoms with Gasteiger partial charge in [0.15, 0.2) is 5.78 Å². The molecule has 0 saturated carbocycles. The van der Waals surface area contributed by atoms with Gasteiger partial charge in [-0.3, -0.25) is 19.4 Å². The minimum atomic E-state index is -1.21. The van der Waals surface area contributed by atoms with Crippen LogP contribution in [-0.4, -0.2) is 73.5 Å². The van der Waals surface area contributed by atoms with E-state index >= 15 is 0 Å². The Morgan fingerprint density at radius 1 is 1.14 bits per heavy atom. The zero-order valence-electron chi connectivity index (χ0n) is 20.4. The van der Waals surface area contributed by atoms with Crippen LogP contribution < -0.4 is 15.4 Å². The van der Waals surface area contributed by atoms with E-state index in [9.17, 15) is 18.8 Å². The normalized spacial score (nSPS) is 15.8. The van der Waals surface area contributed by atoms with Crippen LogP contribution in [0.5, 0.6) is 5.75 Å². The molecular weight excluding hydrogens is 451 g/mol. The Morgan fingerprint density at radius 3 is 2.34 bits per heavy atom. The van der Waals surface area contributed by atoms with Gasteiger partial charge < -0.3 is 20.3 Å². The SMILES string of the molecule is CCC(NC(=O)c1ccc(C(=O)N2CCC(C(=O)c3ccc(OC)cc3)CC2)nc1)[C@H](F)CNC.[HH]. The van der Waals surface area contributed by atoms with Crippen molar-refractivity contribution in [1.82, 2.24) is 20.5 Å². The maximum absolute atomic E-state index is 14.2. The third-order valence-electron chi connectivity index (χ3n) is 6.36. The quantitative estimate of drug-likeness (QED) is 0.501. The average Bonchev–Trinajstić information content (AvgIpc) is 2.91. The van der Waals surface area contributed by atoms with Gasteiger partial charge in [0.2, 0.25) is 0 Å². The molecule has 2 atom stereocenters. The highest BCUT2D eigenvalue weighted by atomic mass is 19.1. The van der Waals surface area contributed by atoms with Gasteiger partial charge in [-0.25, -0.2) is 4.39 Å². The second-order valence-corrected chi connectivity index (χ2v) is 8.65. The highest BCUT2D eigenvalue weighted by molar-refractivity contribution is 5.99. The number of amides is 2. The lowest BCUT2D eigenvalue weighted by Crippen LogP contribution is -2.44. The van der Waals surface area contributed by atoms with E-state index in [1.54, 1.807) is 50.2 Å². The summed E-state index contributed by atoms with van der Waals surface area (Å²) >= 11 is 0. The molecule has 8 nitrogen and oxygen atoms in total. The van der Waals surface area contributed by atoms with Crippen LogP contribution in [0, 0.1) is 5.92 Å². The van der Waals surface area contributed by atoms with Gasteiger partial charge in [-0.1, -0.05) is 6.92 Å². The minimum absolute atomic E-state index is 0. The number of alkyl halides is 1. The van der Waals surface area contributed by atoms with E-state index in [-0.39, 0.29) is 36.8 Å². The second-order valence-electron chi connectivity index (χ2n) is 8.65. The molecule has 0 radical (unpaired) electrons. The van der Waals surface area contributed by atoms with Gasteiger partial charge >= 0.3 is 0 Å². The number of likely N-dealkylation sites (tertiary alicyclic amines) is 1. The first-order valence-corrected chi connectivity index (χ1v) is 11.9. The Balaban J connectivity index is 0.00000456. The first-order valence-electron chi connectivity index (χ1n) is 11.9. The van der Waals surface area contributed by atoms with Gasteiger partial charge in [0.1, 0.15) is 17.6 Å². The molecule has 1 saturated heterocycles. The van der Waals surface area contributed by atoms with Crippen molar-refractivity contribution in [1.29, 1.82) is 0 Å². The van der Waals surface area contributed by atoms with Crippen molar-refractivity contribution in [2.45, 2.75) is 38.4 Å². The molecule has 0 aliphatic carbocycles. The van der Waals surface area contributed by atoms with Crippen LogP contribution in [0.2, 0.25) is 0 Å². The van der Waals surface area contributed by atoms with Crippen molar-refractivity contribution in [3.8, 4) is 5.75 Å². The summed E-state index contributed by atoms with van der Waals surface area (Å²) in [4.78, 5) is 44.0. The molecule has 3 rings (SSSR count). The molecular formula is C26H35FN4O4. The number of benzene rings is 1. The molecule has 2 aromatic rings. The lowest BCUT2D eigenvalue weighted by Gasteiger charge is -2.31. The number of methoxy groups -OCH3 is 1. The number of hydrogen-bond donors (Lipinski definition) is 2. The van der Waals surface area contributed by atoms with Crippen LogP contribution >= 0.6 is 0 Å². The van der Waals surface area contributed by atoms with Crippen LogP contribution in [0.15, 0.2) is 42.6 Å². The van der Waals surface area contributed by atoms with Gasteiger partial charge in [-0.15, -0.1) is 0 Å². The lowest BCUT2D eigenvalue weighted by atomic mass is 9.88. The molecule has 2 heterocycles. The predicted molar refractivity (Wildman–Crippen MR) is 133 cm³/mol. The Bertz CT molecular complexity index is 1010. The molecule has 0 bridgehead atoms. The van der Waals surface area contributed by atoms with Gasteiger partial charge in [-0.2, -0.15) is 0 Å². The molecule has 9 heteroatoms. The van der Waals surface area contributed by atoms with Gasteiger partial charge in [-0.05, 0) is 62.7 Å². The van der Waals surface area contributed by atoms with E-state index in [4.69, 9.17) is 4.74 Å². The van der Waals surface area contributed by atoms with E-state index in [1.807, 2.05) is 0 Å². The number of carbonyl (C=O) groups excluding carboxylic acids is 3. The highest BCUT2D eigenvalue weighted by Gasteiger charge is 2.29. The van der Waals surface area contributed by atoms with Crippen molar-refractivity contribution >= 4 is 17.6 Å². The van der Waals surface area contributed by atoms with E-state index < -0.39 is 18.1 Å². The predicted octanol–water partition coefficient (Wildman–Crippen LogP) is 3.14. The third-order valence-corrected chi connectivity index (χ3v) is 6.36. The number of rotatable bonds is 10. The van der Waals surface area contributed by atoms with Gasteiger partial charge in [0, 0.05) is 38.7 Å². The molecule has 1 aromatic heterocycles. The highest BCUT2D eigenvalue weighted by Crippen LogP contribution is 2.24. The topological polar surface area (TPSA) is 101 Å². The Labute approximate surface area is 206 Å². The summed E-state index contributed by atoms with van der Waals surface area (Å²) in [7, 11) is 3.23. The number of carbonyl (C=O) groups is 3. The minimum Gasteiger partial charge on any atom is -0.497 e. The number of nitrogens with zero attached hydrogens (tertiary/aromatic N) is 2. The molecule has 2 N–H and O–H groups in total. The maximum atomic E-state index is 14.2. The van der Waals surface area contributed by atoms with Crippen LogP contribution in [0.3, 0.4) is 0 Å². The fourth-order valence-electron chi connectivity index (χ4n) is 4.19. The van der Waals surface area contributed by atoms with Crippen molar-refractivity contribution in [2.75, 3.05) is 33.8 Å². The summed E-state index contributed by atoms with van der Waals surface area (Å²) < 4.78 is 19.3. The molecule has 1 aliphatic heterocycles. The summed E-state index contributed by atoms with van der Waals surface area (Å²) in [5.41, 5.74) is 1.13. The standard InChI is InChI=1S/C26H33FN4O4.H2/c1-4-22(21(27)16-28-2)30-25(33)19-7-10-23(29-15-19)26(34)31-13-11-18(12-14-31)24(32)17-5-8-20(35-3)9-6-17;/h5-10,15,18,21-22,28H,4,11-14,16H2,1-3H3,(H,30,33);1H/t21-,22?;/m1./s1. The summed E-state index contributed by atoms with van der Waals surface area (Å²) in [5, 5.41) is 5.45. The fourth-order valence-corrected chi connectivity index (χ4v) is 4.19. The summed E-state index contributed by atoms with van der Waals surface area (Å²) in [6.07, 6.45) is 1.73. The molecule has 1 unspecified atom stereocenters. The number of ketones is 1. The van der Waals surface area contributed by atoms with Gasteiger partial charge in [0.25, 0.3) is 11.8 Å². The van der Waals surface area contributed by atoms with Crippen molar-refractivity contribution in [3.63, 3.8) is 0 Å². The van der Waals surface area contributed by atoms with E-state index in [1.165, 1.54) is 18.3 Å². The zero-order chi connectivity index (χ0) is 25.4. The van der Waals surface area contributed by atoms with E-state index in [0.29, 0.717) is 43.7 Å². The van der Waals surface area contributed by atoms with Crippen LogP contribution in [-0.2, 0) is 0 Å². The summed E-state index contributed by atoms with van der Waals surface area (Å²) in [6, 6.07) is 9.47. The Hall–Kier alpha value is -3.33. The Kier molecular flexibility index (Phi) is 9.31. The number of piperidine rings is 1. The smallest absolute Gasteiger partial charge is 0.272 e. The summed E-state index contributed by atoms with van der Waals surface area (Å²) in [5.74, 6) is -0.0378. The number of ether oxygens (including phenoxy) is 1. The Morgan fingerprint density at radius 2 is 1.80 bits per heavy atom. The second kappa shape index (κ2) is 12.4. The van der Waals surface area contributed by atoms with Crippen LogP contribution in [0.4, 0.5) is 4.39 Å². The first kappa shape index (κ1) is 26.3. The first-order chi connectivity index (χ1) is 16.9. The van der Waals surface area contributed by atoms with Crippen LogP contribution in [0.1, 0.15) is 58.8 Å². The number of halogens is 1. The molecule has 1 aliphatic rings. The third kappa shape index (κ3) is 6.63. The maximum Gasteiger partial charge on any atom is 0.272 e. The molecule has 35 heavy (non-hydrogen) atoms. The van der Waals surface area contributed by atoms with E-state index in [2.05, 4.69) is 15.6 Å². The lowest BCUT2D eigenvalue weighted by molar-refractivity contribution is 0.0645. The molecule has 1 fully saturated rings. The van der Waals surface area contributed by atoms with Crippen molar-refractivity contribution in [3.05, 3.63) is 59.4 Å². The molecule has 2 amide bonds.